The monoisotopic (exact) mass is 434 g/mol. The lowest BCUT2D eigenvalue weighted by Crippen LogP contribution is -2.45. The fourth-order valence-corrected chi connectivity index (χ4v) is 3.43. The highest BCUT2D eigenvalue weighted by Crippen LogP contribution is 2.27. The van der Waals surface area contributed by atoms with E-state index < -0.39 is 45.6 Å². The van der Waals surface area contributed by atoms with Crippen LogP contribution in [0, 0.1) is 5.82 Å². The number of rotatable bonds is 2. The second-order valence-corrected chi connectivity index (χ2v) is 6.52. The Bertz CT molecular complexity index is 1320. The molecule has 0 unspecified atom stereocenters. The summed E-state index contributed by atoms with van der Waals surface area (Å²) in [5.74, 6) is 3.93. The minimum Gasteiger partial charge on any atom is -0.449 e. The molecule has 0 aliphatic carbocycles. The van der Waals surface area contributed by atoms with E-state index in [4.69, 9.17) is 10.6 Å². The lowest BCUT2D eigenvalue weighted by molar-refractivity contribution is -0.143. The summed E-state index contributed by atoms with van der Waals surface area (Å²) in [5.41, 5.74) is -5.92. The molecule has 0 bridgehead atoms. The Balaban J connectivity index is 2.36. The number of halogens is 4. The summed E-state index contributed by atoms with van der Waals surface area (Å²) < 4.78 is 58.2. The van der Waals surface area contributed by atoms with Gasteiger partial charge >= 0.3 is 22.8 Å². The molecule has 0 saturated heterocycles. The molecule has 0 amide bonds. The van der Waals surface area contributed by atoms with Crippen LogP contribution < -0.4 is 22.0 Å². The fraction of sp³-hybridized carbons (Fsp3) is 0.200. The Morgan fingerprint density at radius 2 is 1.86 bits per heavy atom. The first-order chi connectivity index (χ1) is 13.5. The molecule has 3 rings (SSSR count). The second-order valence-electron chi connectivity index (χ2n) is 5.53. The molecule has 0 aliphatic heterocycles. The number of hydrogen-bond acceptors (Lipinski definition) is 7. The van der Waals surface area contributed by atoms with Crippen molar-refractivity contribution in [2.45, 2.75) is 13.1 Å². The van der Waals surface area contributed by atoms with Crippen molar-refractivity contribution in [1.82, 2.24) is 13.8 Å². The van der Waals surface area contributed by atoms with Gasteiger partial charge in [-0.2, -0.15) is 13.2 Å². The molecule has 0 aliphatic rings. The molecule has 1 aromatic carbocycles. The third-order valence-electron chi connectivity index (χ3n) is 3.77. The van der Waals surface area contributed by atoms with Crippen LogP contribution in [0.15, 0.2) is 32.6 Å². The Labute approximate surface area is 160 Å². The van der Waals surface area contributed by atoms with Crippen molar-refractivity contribution >= 4 is 27.6 Å². The molecule has 2 heterocycles. The fourth-order valence-electron chi connectivity index (χ4n) is 2.56. The van der Waals surface area contributed by atoms with Gasteiger partial charge in [0.2, 0.25) is 0 Å². The Morgan fingerprint density at radius 3 is 2.45 bits per heavy atom. The van der Waals surface area contributed by atoms with E-state index in [-0.39, 0.29) is 32.1 Å². The van der Waals surface area contributed by atoms with E-state index in [1.54, 1.807) is 0 Å². The van der Waals surface area contributed by atoms with Crippen molar-refractivity contribution in [2.75, 3.05) is 12.4 Å². The number of nitrogens with two attached hydrogens (primary N) is 1. The number of alkyl halides is 3. The lowest BCUT2D eigenvalue weighted by Gasteiger charge is -2.14. The van der Waals surface area contributed by atoms with Gasteiger partial charge in [0.15, 0.2) is 5.69 Å². The third-order valence-corrected chi connectivity index (χ3v) is 4.67. The number of aromatic nitrogens is 3. The summed E-state index contributed by atoms with van der Waals surface area (Å²) in [6.07, 6.45) is -6.19. The highest BCUT2D eigenvalue weighted by molar-refractivity contribution is 7.16. The van der Waals surface area contributed by atoms with Gasteiger partial charge in [-0.15, -0.1) is 0 Å². The average molecular weight is 434 g/mol. The molecule has 14 heteroatoms. The first-order valence-electron chi connectivity index (χ1n) is 7.71. The van der Waals surface area contributed by atoms with Crippen LogP contribution in [-0.2, 0) is 10.9 Å². The van der Waals surface area contributed by atoms with Gasteiger partial charge in [0.25, 0.3) is 5.56 Å². The van der Waals surface area contributed by atoms with Gasteiger partial charge in [0.05, 0.1) is 22.5 Å². The van der Waals surface area contributed by atoms with E-state index in [1.807, 2.05) is 0 Å². The number of thiazole rings is 1. The van der Waals surface area contributed by atoms with E-state index in [9.17, 15) is 36.7 Å². The Morgan fingerprint density at radius 1 is 1.21 bits per heavy atom. The maximum absolute atomic E-state index is 14.5. The number of nitrogens with zero attached hydrogens (tertiary/aromatic N) is 3. The SMILES string of the molecule is CCOC(=O)n1c(=O)sc2cc(F)c(-n3c(=O)cc(C(F)(F)F)n(N)c3=O)cc21. The minimum absolute atomic E-state index is 0.0164. The topological polar surface area (TPSA) is 118 Å². The normalized spacial score (nSPS) is 11.8. The number of fused-ring (bicyclic) bond motifs is 1. The van der Waals surface area contributed by atoms with Crippen LogP contribution in [0.1, 0.15) is 12.6 Å². The average Bonchev–Trinajstić information content (AvgIpc) is 2.92. The van der Waals surface area contributed by atoms with E-state index in [2.05, 4.69) is 0 Å². The summed E-state index contributed by atoms with van der Waals surface area (Å²) >= 11 is 0.491. The van der Waals surface area contributed by atoms with Crippen molar-refractivity contribution in [3.8, 4) is 5.69 Å². The summed E-state index contributed by atoms with van der Waals surface area (Å²) in [6, 6.07) is 1.59. The highest BCUT2D eigenvalue weighted by atomic mass is 32.1. The van der Waals surface area contributed by atoms with Gasteiger partial charge in [-0.05, 0) is 19.1 Å². The first kappa shape index (κ1) is 20.3. The number of benzene rings is 1. The van der Waals surface area contributed by atoms with Crippen LogP contribution in [0.3, 0.4) is 0 Å². The Hall–Kier alpha value is -3.42. The van der Waals surface area contributed by atoms with Crippen molar-refractivity contribution in [3.63, 3.8) is 0 Å². The predicted octanol–water partition coefficient (Wildman–Crippen LogP) is 1.25. The Kier molecular flexibility index (Phi) is 4.82. The van der Waals surface area contributed by atoms with Crippen LogP contribution in [0.2, 0.25) is 0 Å². The van der Waals surface area contributed by atoms with Gasteiger partial charge in [0.1, 0.15) is 5.82 Å². The van der Waals surface area contributed by atoms with E-state index in [0.717, 1.165) is 12.1 Å². The molecule has 0 radical (unpaired) electrons. The van der Waals surface area contributed by atoms with Gasteiger partial charge in [0, 0.05) is 6.07 Å². The molecule has 0 fully saturated rings. The third kappa shape index (κ3) is 3.30. The van der Waals surface area contributed by atoms with Crippen molar-refractivity contribution < 1.29 is 27.1 Å². The second kappa shape index (κ2) is 6.88. The molecule has 2 N–H and O–H groups in total. The van der Waals surface area contributed by atoms with E-state index in [1.165, 1.54) is 6.92 Å². The summed E-state index contributed by atoms with van der Waals surface area (Å²) in [7, 11) is 0. The minimum atomic E-state index is -5.10. The molecule has 9 nitrogen and oxygen atoms in total. The smallest absolute Gasteiger partial charge is 0.433 e. The lowest BCUT2D eigenvalue weighted by atomic mass is 10.2. The standard InChI is InChI=1S/C15H10F4N4O5S/c1-2-28-13(26)22-8-4-7(6(16)3-9(8)29-14(22)27)21-11(24)5-10(15(17,18)19)23(20)12(21)25/h3-5H,2,20H2,1H3. The van der Waals surface area contributed by atoms with Gasteiger partial charge < -0.3 is 10.6 Å². The van der Waals surface area contributed by atoms with Crippen LogP contribution in [0.4, 0.5) is 22.4 Å². The largest absolute Gasteiger partial charge is 0.449 e. The number of carbonyl (C=O) groups excluding carboxylic acids is 1. The highest BCUT2D eigenvalue weighted by Gasteiger charge is 2.36. The number of carbonyl (C=O) groups is 1. The van der Waals surface area contributed by atoms with Crippen LogP contribution in [0.5, 0.6) is 0 Å². The van der Waals surface area contributed by atoms with Crippen molar-refractivity contribution in [2.24, 2.45) is 0 Å². The molecule has 0 saturated carbocycles. The zero-order chi connectivity index (χ0) is 21.7. The number of ether oxygens (including phenoxy) is 1. The zero-order valence-electron chi connectivity index (χ0n) is 14.3. The van der Waals surface area contributed by atoms with Crippen molar-refractivity contribution in [3.05, 3.63) is 60.2 Å². The van der Waals surface area contributed by atoms with Crippen molar-refractivity contribution in [1.29, 1.82) is 0 Å². The van der Waals surface area contributed by atoms with E-state index in [0.29, 0.717) is 15.9 Å². The van der Waals surface area contributed by atoms with Gasteiger partial charge in [-0.1, -0.05) is 11.3 Å². The predicted molar refractivity (Wildman–Crippen MR) is 93.5 cm³/mol. The summed E-state index contributed by atoms with van der Waals surface area (Å²) in [5, 5.41) is 0. The molecule has 2 aromatic heterocycles. The quantitative estimate of drug-likeness (QED) is 0.479. The molecule has 154 valence electrons. The van der Waals surface area contributed by atoms with Crippen LogP contribution in [-0.4, -0.2) is 26.5 Å². The molecule has 3 aromatic rings. The molecule has 0 spiro atoms. The maximum atomic E-state index is 14.5. The molecular weight excluding hydrogens is 424 g/mol. The molecule has 0 atom stereocenters. The first-order valence-corrected chi connectivity index (χ1v) is 8.53. The van der Waals surface area contributed by atoms with Gasteiger partial charge in [-0.3, -0.25) is 9.59 Å². The van der Waals surface area contributed by atoms with Crippen LogP contribution in [0.25, 0.3) is 15.9 Å². The number of hydrogen-bond donors (Lipinski definition) is 1. The summed E-state index contributed by atoms with van der Waals surface area (Å²) in [6.45, 7) is 1.40. The molecule has 29 heavy (non-hydrogen) atoms. The van der Waals surface area contributed by atoms with E-state index >= 15 is 0 Å². The summed E-state index contributed by atoms with van der Waals surface area (Å²) in [4.78, 5) is 47.6. The van der Waals surface area contributed by atoms with Gasteiger partial charge in [-0.25, -0.2) is 27.8 Å². The molecular formula is C15H10F4N4O5S. The zero-order valence-corrected chi connectivity index (χ0v) is 15.1. The number of nitrogen functional groups attached to an aromatic ring is 1. The van der Waals surface area contributed by atoms with Crippen LogP contribution >= 0.6 is 11.3 Å². The maximum Gasteiger partial charge on any atom is 0.433 e.